The zero-order valence-corrected chi connectivity index (χ0v) is 16.6. The van der Waals surface area contributed by atoms with Crippen LogP contribution in [0.4, 0.5) is 5.00 Å². The lowest BCUT2D eigenvalue weighted by Gasteiger charge is -2.10. The fourth-order valence-electron chi connectivity index (χ4n) is 3.07. The summed E-state index contributed by atoms with van der Waals surface area (Å²) in [6.07, 6.45) is -0.265. The number of ether oxygens (including phenoxy) is 1. The highest BCUT2D eigenvalue weighted by atomic mass is 32.1. The minimum atomic E-state index is -0.519. The van der Waals surface area contributed by atoms with Crippen molar-refractivity contribution in [3.8, 4) is 0 Å². The van der Waals surface area contributed by atoms with E-state index in [-0.39, 0.29) is 22.8 Å². The second-order valence-corrected chi connectivity index (χ2v) is 7.68. The monoisotopic (exact) mass is 406 g/mol. The summed E-state index contributed by atoms with van der Waals surface area (Å²) in [6, 6.07) is 14.7. The molecule has 146 valence electrons. The maximum atomic E-state index is 12.9. The molecule has 0 unspecified atom stereocenters. The van der Waals surface area contributed by atoms with E-state index in [0.29, 0.717) is 10.6 Å². The summed E-state index contributed by atoms with van der Waals surface area (Å²) >= 11 is 1.22. The molecular weight excluding hydrogens is 388 g/mol. The van der Waals surface area contributed by atoms with Crippen LogP contribution in [0.1, 0.15) is 34.6 Å². The predicted octanol–water partition coefficient (Wildman–Crippen LogP) is 4.94. The highest BCUT2D eigenvalue weighted by Crippen LogP contribution is 2.27. The van der Waals surface area contributed by atoms with Gasteiger partial charge in [0.2, 0.25) is 5.55 Å². The number of fused-ring (bicyclic) bond motifs is 3. The second kappa shape index (κ2) is 7.52. The van der Waals surface area contributed by atoms with Gasteiger partial charge in [-0.3, -0.25) is 10.2 Å². The van der Waals surface area contributed by atoms with Crippen LogP contribution in [0.15, 0.2) is 58.3 Å². The van der Waals surface area contributed by atoms with Crippen LogP contribution in [-0.2, 0) is 4.74 Å². The van der Waals surface area contributed by atoms with Gasteiger partial charge in [-0.05, 0) is 48.2 Å². The van der Waals surface area contributed by atoms with Crippen molar-refractivity contribution in [3.63, 3.8) is 0 Å². The summed E-state index contributed by atoms with van der Waals surface area (Å²) in [4.78, 5) is 25.1. The van der Waals surface area contributed by atoms with Gasteiger partial charge in [-0.25, -0.2) is 4.79 Å². The molecule has 0 spiro atoms. The number of rotatable bonds is 4. The van der Waals surface area contributed by atoms with E-state index in [9.17, 15) is 9.59 Å². The molecule has 0 saturated carbocycles. The Morgan fingerprint density at radius 3 is 2.66 bits per heavy atom. The maximum absolute atomic E-state index is 12.9. The fourth-order valence-corrected chi connectivity index (χ4v) is 3.84. The number of esters is 1. The minimum Gasteiger partial charge on any atom is -0.459 e. The van der Waals surface area contributed by atoms with Gasteiger partial charge in [-0.15, -0.1) is 11.3 Å². The molecule has 2 aromatic heterocycles. The number of thiophene rings is 1. The molecule has 2 N–H and O–H groups in total. The van der Waals surface area contributed by atoms with Crippen LogP contribution in [0.25, 0.3) is 21.7 Å². The molecule has 0 saturated heterocycles. The normalized spacial score (nSPS) is 11.1. The number of carbonyl (C=O) groups excluding carboxylic acids is 2. The smallest absolute Gasteiger partial charge is 0.341 e. The topological polar surface area (TPSA) is 92.4 Å². The average molecular weight is 406 g/mol. The van der Waals surface area contributed by atoms with Gasteiger partial charge in [-0.1, -0.05) is 30.3 Å². The van der Waals surface area contributed by atoms with Crippen molar-refractivity contribution in [2.75, 3.05) is 5.32 Å². The van der Waals surface area contributed by atoms with Gasteiger partial charge in [0.25, 0.3) is 5.91 Å². The molecule has 6 nitrogen and oxygen atoms in total. The number of hydrogen-bond donors (Lipinski definition) is 2. The van der Waals surface area contributed by atoms with E-state index in [1.807, 2.05) is 30.3 Å². The molecule has 4 rings (SSSR count). The Morgan fingerprint density at radius 1 is 1.07 bits per heavy atom. The van der Waals surface area contributed by atoms with Crippen LogP contribution in [0.5, 0.6) is 0 Å². The van der Waals surface area contributed by atoms with Crippen molar-refractivity contribution in [1.82, 2.24) is 0 Å². The van der Waals surface area contributed by atoms with Crippen LogP contribution in [0, 0.1) is 5.41 Å². The van der Waals surface area contributed by atoms with Crippen LogP contribution < -0.4 is 10.9 Å². The number of benzene rings is 2. The standard InChI is InChI=1S/C22H18N2O4S/c1-12(2)27-22(26)15-9-10-29-21(15)24-20(25)17-11-16-14-6-4-3-5-13(14)7-8-18(16)28-19(17)23/h3-12,23H,1-2H3,(H,24,25). The van der Waals surface area contributed by atoms with Gasteiger partial charge in [0.1, 0.15) is 16.1 Å². The molecular formula is C22H18N2O4S. The van der Waals surface area contributed by atoms with Gasteiger partial charge in [0.15, 0.2) is 0 Å². The molecule has 1 amide bonds. The van der Waals surface area contributed by atoms with E-state index in [4.69, 9.17) is 14.6 Å². The lowest BCUT2D eigenvalue weighted by atomic mass is 10.0. The Labute approximate surface area is 170 Å². The van der Waals surface area contributed by atoms with Gasteiger partial charge in [0, 0.05) is 5.39 Å². The average Bonchev–Trinajstić information content (AvgIpc) is 3.15. The second-order valence-electron chi connectivity index (χ2n) is 6.76. The largest absolute Gasteiger partial charge is 0.459 e. The molecule has 0 aliphatic heterocycles. The van der Waals surface area contributed by atoms with Crippen molar-refractivity contribution < 1.29 is 18.7 Å². The van der Waals surface area contributed by atoms with Gasteiger partial charge >= 0.3 is 5.97 Å². The molecule has 0 fully saturated rings. The third-order valence-corrected chi connectivity index (χ3v) is 5.21. The molecule has 2 heterocycles. The lowest BCUT2D eigenvalue weighted by molar-refractivity contribution is 0.0379. The van der Waals surface area contributed by atoms with Gasteiger partial charge in [-0.2, -0.15) is 0 Å². The molecule has 0 radical (unpaired) electrons. The zero-order chi connectivity index (χ0) is 20.5. The number of amides is 1. The number of carbonyl (C=O) groups is 2. The van der Waals surface area contributed by atoms with E-state index in [1.165, 1.54) is 11.3 Å². The van der Waals surface area contributed by atoms with E-state index >= 15 is 0 Å². The summed E-state index contributed by atoms with van der Waals surface area (Å²) in [5.41, 5.74) is 0.660. The van der Waals surface area contributed by atoms with Crippen LogP contribution >= 0.6 is 11.3 Å². The van der Waals surface area contributed by atoms with Crippen molar-refractivity contribution >= 4 is 50.0 Å². The van der Waals surface area contributed by atoms with Crippen LogP contribution in [0.2, 0.25) is 0 Å². The Bertz CT molecular complexity index is 1300. The molecule has 29 heavy (non-hydrogen) atoms. The minimum absolute atomic E-state index is 0.0884. The summed E-state index contributed by atoms with van der Waals surface area (Å²) in [7, 11) is 0. The van der Waals surface area contributed by atoms with Crippen molar-refractivity contribution in [3.05, 3.63) is 70.6 Å². The molecule has 0 bridgehead atoms. The van der Waals surface area contributed by atoms with E-state index in [0.717, 1.165) is 16.2 Å². The predicted molar refractivity (Wildman–Crippen MR) is 112 cm³/mol. The van der Waals surface area contributed by atoms with Crippen molar-refractivity contribution in [2.24, 2.45) is 0 Å². The van der Waals surface area contributed by atoms with Gasteiger partial charge in [0.05, 0.1) is 11.7 Å². The molecule has 0 atom stereocenters. The molecule has 2 aromatic carbocycles. The van der Waals surface area contributed by atoms with E-state index in [1.54, 1.807) is 37.4 Å². The SMILES string of the molecule is CC(C)OC(=O)c1ccsc1NC(=O)c1cc2c(ccc3ccccc32)oc1=N. The molecule has 7 heteroatoms. The van der Waals surface area contributed by atoms with Crippen LogP contribution in [-0.4, -0.2) is 18.0 Å². The Balaban J connectivity index is 1.72. The Hall–Kier alpha value is -3.45. The number of anilines is 1. The van der Waals surface area contributed by atoms with E-state index < -0.39 is 11.9 Å². The van der Waals surface area contributed by atoms with Crippen LogP contribution in [0.3, 0.4) is 0 Å². The maximum Gasteiger partial charge on any atom is 0.341 e. The summed E-state index contributed by atoms with van der Waals surface area (Å²) < 4.78 is 10.8. The highest BCUT2D eigenvalue weighted by Gasteiger charge is 2.20. The lowest BCUT2D eigenvalue weighted by Crippen LogP contribution is -2.21. The number of nitrogens with one attached hydrogen (secondary N) is 2. The molecule has 0 aliphatic carbocycles. The first-order valence-electron chi connectivity index (χ1n) is 9.04. The fraction of sp³-hybridized carbons (Fsp3) is 0.136. The summed E-state index contributed by atoms with van der Waals surface area (Å²) in [6.45, 7) is 3.52. The van der Waals surface area contributed by atoms with Crippen molar-refractivity contribution in [2.45, 2.75) is 20.0 Å². The summed E-state index contributed by atoms with van der Waals surface area (Å²) in [5.74, 6) is -1.02. The molecule has 4 aromatic rings. The Kier molecular flexibility index (Phi) is 4.90. The first-order chi connectivity index (χ1) is 13.9. The third-order valence-electron chi connectivity index (χ3n) is 4.38. The van der Waals surface area contributed by atoms with E-state index in [2.05, 4.69) is 5.32 Å². The Morgan fingerprint density at radius 2 is 1.86 bits per heavy atom. The third kappa shape index (κ3) is 3.64. The van der Waals surface area contributed by atoms with Gasteiger partial charge < -0.3 is 14.5 Å². The first kappa shape index (κ1) is 18.9. The number of hydrogen-bond acceptors (Lipinski definition) is 6. The van der Waals surface area contributed by atoms with Crippen molar-refractivity contribution in [1.29, 1.82) is 5.41 Å². The quantitative estimate of drug-likeness (QED) is 0.371. The summed E-state index contributed by atoms with van der Waals surface area (Å²) in [5, 5.41) is 15.6. The highest BCUT2D eigenvalue weighted by molar-refractivity contribution is 7.14. The first-order valence-corrected chi connectivity index (χ1v) is 9.92. The molecule has 0 aliphatic rings. The zero-order valence-electron chi connectivity index (χ0n) is 15.8.